The van der Waals surface area contributed by atoms with E-state index < -0.39 is 35.1 Å². The number of nitrogens with one attached hydrogen (secondary N) is 2. The summed E-state index contributed by atoms with van der Waals surface area (Å²) >= 11 is 0. The van der Waals surface area contributed by atoms with Crippen LogP contribution in [0.15, 0.2) is 54.7 Å². The van der Waals surface area contributed by atoms with E-state index in [0.717, 1.165) is 82.5 Å². The minimum absolute atomic E-state index is 0.0858. The summed E-state index contributed by atoms with van der Waals surface area (Å²) in [5.41, 5.74) is -0.529. The molecule has 15 nitrogen and oxygen atoms in total. The first-order valence-electron chi connectivity index (χ1n) is 20.6. The van der Waals surface area contributed by atoms with Gasteiger partial charge in [-0.15, -0.1) is 0 Å². The third-order valence-corrected chi connectivity index (χ3v) is 12.5. The van der Waals surface area contributed by atoms with Gasteiger partial charge in [0.15, 0.2) is 0 Å². The van der Waals surface area contributed by atoms with Gasteiger partial charge in [0.2, 0.25) is 5.91 Å². The van der Waals surface area contributed by atoms with E-state index in [9.17, 15) is 37.5 Å². The number of ether oxygens (including phenoxy) is 1. The second-order valence-corrected chi connectivity index (χ2v) is 17.2. The van der Waals surface area contributed by atoms with Gasteiger partial charge < -0.3 is 29.9 Å². The van der Waals surface area contributed by atoms with Gasteiger partial charge in [0, 0.05) is 93.7 Å². The minimum Gasteiger partial charge on any atom is -0.495 e. The third kappa shape index (κ3) is 8.92. The second kappa shape index (κ2) is 16.4. The smallest absolute Gasteiger partial charge is 0.433 e. The van der Waals surface area contributed by atoms with E-state index in [4.69, 9.17) is 9.84 Å². The van der Waals surface area contributed by atoms with Gasteiger partial charge in [-0.05, 0) is 87.4 Å². The van der Waals surface area contributed by atoms with Gasteiger partial charge in [-0.25, -0.2) is 9.78 Å². The van der Waals surface area contributed by atoms with E-state index in [1.807, 2.05) is 15.8 Å². The summed E-state index contributed by atoms with van der Waals surface area (Å²) < 4.78 is 47.2. The molecule has 1 spiro atoms. The molecule has 2 aromatic heterocycles. The van der Waals surface area contributed by atoms with E-state index in [-0.39, 0.29) is 41.9 Å². The number of hydrogen-bond donors (Lipinski definition) is 3. The third-order valence-electron chi connectivity index (χ3n) is 12.5. The van der Waals surface area contributed by atoms with Crippen molar-refractivity contribution in [1.82, 2.24) is 34.8 Å². The molecule has 0 atom stereocenters. The highest BCUT2D eigenvalue weighted by Gasteiger charge is 2.45. The number of fused-ring (bicyclic) bond motifs is 1. The summed E-state index contributed by atoms with van der Waals surface area (Å²) in [4.78, 5) is 62.7. The Balaban J connectivity index is 0.812. The van der Waals surface area contributed by atoms with Crippen molar-refractivity contribution in [3.8, 4) is 5.75 Å². The maximum Gasteiger partial charge on any atom is 0.433 e. The monoisotopic (exact) mass is 845 g/mol. The molecule has 4 fully saturated rings. The number of likely N-dealkylation sites (tertiary alicyclic amines) is 3. The highest BCUT2D eigenvalue weighted by molar-refractivity contribution is 6.07. The summed E-state index contributed by atoms with van der Waals surface area (Å²) in [6.45, 7) is 10.4. The first-order chi connectivity index (χ1) is 29.0. The number of aromatic nitrogens is 3. The van der Waals surface area contributed by atoms with E-state index >= 15 is 0 Å². The van der Waals surface area contributed by atoms with Crippen molar-refractivity contribution in [2.45, 2.75) is 63.8 Å². The van der Waals surface area contributed by atoms with Gasteiger partial charge in [0.25, 0.3) is 11.8 Å². The van der Waals surface area contributed by atoms with Crippen molar-refractivity contribution in [3.63, 3.8) is 0 Å². The fourth-order valence-corrected chi connectivity index (χ4v) is 9.05. The number of imide groups is 1. The summed E-state index contributed by atoms with van der Waals surface area (Å²) in [7, 11) is 1.50. The lowest BCUT2D eigenvalue weighted by atomic mass is 9.72. The number of alkyl halides is 3. The quantitative estimate of drug-likeness (QED) is 0.192. The predicted molar refractivity (Wildman–Crippen MR) is 219 cm³/mol. The number of anilines is 2. The number of rotatable bonds is 10. The van der Waals surface area contributed by atoms with E-state index in [1.54, 1.807) is 44.2 Å². The molecule has 3 N–H and O–H groups in total. The number of amides is 5. The maximum atomic E-state index is 13.6. The van der Waals surface area contributed by atoms with Crippen LogP contribution in [0.1, 0.15) is 84.1 Å². The number of piperidine rings is 2. The van der Waals surface area contributed by atoms with Crippen LogP contribution in [-0.4, -0.2) is 124 Å². The van der Waals surface area contributed by atoms with Gasteiger partial charge >= 0.3 is 12.2 Å². The molecule has 4 aliphatic heterocycles. The van der Waals surface area contributed by atoms with Crippen LogP contribution in [0.25, 0.3) is 10.9 Å². The molecule has 6 heterocycles. The molecule has 0 aliphatic carbocycles. The van der Waals surface area contributed by atoms with Crippen LogP contribution in [0.2, 0.25) is 0 Å². The SMILES string of the molecule is COc1ccc(C(=O)N2CCC3(CC2)CN(CCN2CCC(n4cc5cc(NC(=O)c6cccc(C(F)(F)F)n6)c(C(C)(C)O)cc5n4)CC2)C3)cc1N1CCC(=O)NC1=O. The number of methoxy groups -OCH3 is 1. The Morgan fingerprint density at radius 2 is 1.69 bits per heavy atom. The van der Waals surface area contributed by atoms with E-state index in [1.165, 1.54) is 18.1 Å². The summed E-state index contributed by atoms with van der Waals surface area (Å²) in [6.07, 6.45) is 1.03. The van der Waals surface area contributed by atoms with Gasteiger partial charge in [0.1, 0.15) is 17.1 Å². The lowest BCUT2D eigenvalue weighted by Crippen LogP contribution is -2.61. The Morgan fingerprint density at radius 1 is 0.967 bits per heavy atom. The lowest BCUT2D eigenvalue weighted by molar-refractivity contribution is -0.141. The number of nitrogens with zero attached hydrogens (tertiary/aromatic N) is 7. The van der Waals surface area contributed by atoms with Crippen LogP contribution in [-0.2, 0) is 16.6 Å². The summed E-state index contributed by atoms with van der Waals surface area (Å²) in [5, 5.41) is 21.5. The van der Waals surface area contributed by atoms with Gasteiger partial charge in [-0.2, -0.15) is 18.3 Å². The molecule has 0 radical (unpaired) electrons. The first-order valence-corrected chi connectivity index (χ1v) is 20.6. The van der Waals surface area contributed by atoms with Crippen molar-refractivity contribution in [2.75, 3.05) is 76.2 Å². The van der Waals surface area contributed by atoms with Crippen molar-refractivity contribution in [1.29, 1.82) is 0 Å². The normalized spacial score (nSPS) is 19.3. The molecule has 4 saturated heterocycles. The Hall–Kier alpha value is -5.59. The molecule has 0 saturated carbocycles. The highest BCUT2D eigenvalue weighted by atomic mass is 19.4. The first kappa shape index (κ1) is 42.1. The lowest BCUT2D eigenvalue weighted by Gasteiger charge is -2.54. The fraction of sp³-hybridized carbons (Fsp3) is 0.488. The Morgan fingerprint density at radius 3 is 2.36 bits per heavy atom. The number of pyridine rings is 1. The van der Waals surface area contributed by atoms with Crippen molar-refractivity contribution >= 4 is 46.0 Å². The molecule has 18 heteroatoms. The standard InChI is InChI=1S/C43H50F3N9O6/c1-41(2,60)30-23-32-28(21-33(30)48-38(57)31-5-4-6-36(47-31)43(44,45)46)24-55(50-32)29-9-14-51(15-10-29)19-20-52-25-42(26-52)12-17-53(18-13-42)39(58)27-7-8-35(61-3)34(22-27)54-16-11-37(56)49-40(54)59/h4-8,21-24,29,60H,9-20,25-26H2,1-3H3,(H,48,57)(H,49,56,59). The number of benzene rings is 2. The van der Waals surface area contributed by atoms with Gasteiger partial charge in [0.05, 0.1) is 30.0 Å². The number of halogens is 3. The van der Waals surface area contributed by atoms with E-state index in [2.05, 4.69) is 25.4 Å². The van der Waals surface area contributed by atoms with Crippen molar-refractivity contribution < 1.29 is 42.2 Å². The van der Waals surface area contributed by atoms with Crippen LogP contribution in [0, 0.1) is 5.41 Å². The highest BCUT2D eigenvalue weighted by Crippen LogP contribution is 2.41. The average Bonchev–Trinajstić information content (AvgIpc) is 3.64. The number of hydrogen-bond acceptors (Lipinski definition) is 10. The van der Waals surface area contributed by atoms with Crippen LogP contribution < -0.4 is 20.3 Å². The number of aliphatic hydroxyl groups is 1. The zero-order valence-corrected chi connectivity index (χ0v) is 34.4. The molecule has 5 amide bonds. The van der Waals surface area contributed by atoms with Crippen LogP contribution in [0.4, 0.5) is 29.3 Å². The molecule has 4 aromatic rings. The molecular formula is C43H50F3N9O6. The fourth-order valence-electron chi connectivity index (χ4n) is 9.05. The molecule has 324 valence electrons. The number of carbonyl (C=O) groups is 4. The number of carbonyl (C=O) groups excluding carboxylic acids is 4. The van der Waals surface area contributed by atoms with E-state index in [0.29, 0.717) is 41.2 Å². The largest absolute Gasteiger partial charge is 0.495 e. The summed E-state index contributed by atoms with van der Waals surface area (Å²) in [5.74, 6) is -0.788. The topological polar surface area (TPSA) is 165 Å². The van der Waals surface area contributed by atoms with Crippen molar-refractivity contribution in [3.05, 3.63) is 77.2 Å². The van der Waals surface area contributed by atoms with Crippen molar-refractivity contribution in [2.24, 2.45) is 5.41 Å². The van der Waals surface area contributed by atoms with Gasteiger partial charge in [-0.3, -0.25) is 29.3 Å². The second-order valence-electron chi connectivity index (χ2n) is 17.2. The molecule has 0 unspecified atom stereocenters. The molecule has 8 rings (SSSR count). The summed E-state index contributed by atoms with van der Waals surface area (Å²) in [6, 6.07) is 11.2. The molecule has 4 aliphatic rings. The number of urea groups is 1. The van der Waals surface area contributed by atoms with Gasteiger partial charge in [-0.1, -0.05) is 6.07 Å². The predicted octanol–water partition coefficient (Wildman–Crippen LogP) is 5.26. The molecular weight excluding hydrogens is 796 g/mol. The maximum absolute atomic E-state index is 13.6. The Bertz CT molecular complexity index is 2340. The molecule has 61 heavy (non-hydrogen) atoms. The van der Waals surface area contributed by atoms with Crippen LogP contribution in [0.3, 0.4) is 0 Å². The van der Waals surface area contributed by atoms with Crippen LogP contribution in [0.5, 0.6) is 5.75 Å². The zero-order valence-electron chi connectivity index (χ0n) is 34.4. The minimum atomic E-state index is -4.70. The molecule has 2 aromatic carbocycles. The van der Waals surface area contributed by atoms with Crippen LogP contribution >= 0.6 is 0 Å². The zero-order chi connectivity index (χ0) is 43.3. The Labute approximate surface area is 350 Å². The Kier molecular flexibility index (Phi) is 11.3. The molecule has 0 bridgehead atoms. The average molecular weight is 846 g/mol.